The molecule has 0 aromatic heterocycles. The molecule has 0 radical (unpaired) electrons. The number of fused-ring (bicyclic) bond motifs is 6. The van der Waals surface area contributed by atoms with Gasteiger partial charge in [-0.25, -0.2) is 0 Å². The first kappa shape index (κ1) is 45.6. The van der Waals surface area contributed by atoms with Crippen LogP contribution in [0.1, 0.15) is 66.0 Å². The van der Waals surface area contributed by atoms with Crippen LogP contribution in [0.4, 0.5) is 11.4 Å². The maximum absolute atomic E-state index is 14.5. The molecule has 19 heteroatoms. The minimum absolute atomic E-state index is 0.0210. The van der Waals surface area contributed by atoms with Crippen molar-refractivity contribution < 1.29 is 66.7 Å². The molecule has 19 nitrogen and oxygen atoms in total. The molecule has 6 rings (SSSR count). The molecule has 2 aliphatic heterocycles. The number of rotatable bonds is 10. The summed E-state index contributed by atoms with van der Waals surface area (Å²) in [5.41, 5.74) is -0.949. The van der Waals surface area contributed by atoms with Crippen molar-refractivity contribution in [3.8, 4) is 5.75 Å². The minimum Gasteiger partial charge on any atom is -0.494 e. The van der Waals surface area contributed by atoms with Crippen LogP contribution < -0.4 is 25.6 Å². The summed E-state index contributed by atoms with van der Waals surface area (Å²) in [7, 11) is 8.50. The molecular weight excluding hydrogens is 798 g/mol. The number of hydrogen-bond acceptors (Lipinski definition) is 17. The molecule has 3 N–H and O–H groups in total. The van der Waals surface area contributed by atoms with Gasteiger partial charge >= 0.3 is 17.9 Å². The van der Waals surface area contributed by atoms with Gasteiger partial charge in [0.1, 0.15) is 11.3 Å². The van der Waals surface area contributed by atoms with E-state index in [2.05, 4.69) is 16.0 Å². The van der Waals surface area contributed by atoms with E-state index in [-0.39, 0.29) is 80.1 Å². The molecule has 2 heterocycles. The summed E-state index contributed by atoms with van der Waals surface area (Å²) >= 11 is 0. The summed E-state index contributed by atoms with van der Waals surface area (Å²) in [6.45, 7) is 10.1. The molecule has 2 saturated heterocycles. The van der Waals surface area contributed by atoms with Crippen LogP contribution in [0.5, 0.6) is 5.75 Å². The fourth-order valence-corrected chi connectivity index (χ4v) is 9.56. The van der Waals surface area contributed by atoms with E-state index in [9.17, 15) is 28.8 Å². The van der Waals surface area contributed by atoms with Crippen LogP contribution in [-0.4, -0.2) is 132 Å². The summed E-state index contributed by atoms with van der Waals surface area (Å²) in [4.78, 5) is 84.6. The Labute approximate surface area is 354 Å². The van der Waals surface area contributed by atoms with Gasteiger partial charge in [0.05, 0.1) is 57.4 Å². The smallest absolute Gasteiger partial charge is 0.307 e. The molecule has 3 aliphatic carbocycles. The molecule has 334 valence electrons. The summed E-state index contributed by atoms with van der Waals surface area (Å²) < 4.78 is 51.4. The van der Waals surface area contributed by atoms with E-state index in [4.69, 9.17) is 37.9 Å². The van der Waals surface area contributed by atoms with E-state index in [0.717, 1.165) is 33.3 Å². The predicted octanol–water partition coefficient (Wildman–Crippen LogP) is 1.77. The largest absolute Gasteiger partial charge is 0.494 e. The highest BCUT2D eigenvalue weighted by atomic mass is 16.8. The lowest BCUT2D eigenvalue weighted by Gasteiger charge is -2.60. The fraction of sp³-hybridized carbons (Fsp3) is 0.619. The Kier molecular flexibility index (Phi) is 12.5. The Hall–Kier alpha value is -4.92. The first-order valence-corrected chi connectivity index (χ1v) is 20.1. The SMILES string of the molecule is COc1c(NC(=O)CNC(C)(C)C)cc(N(C)C)c2c1C1(OCCO1)C1=C(OC(C)=O)[C@@]3(OC(C)=O)[C@@H](C[C@@H]1C2)[C@H](N(C)C)C(OC(C)=O)=C(C(=O)NC(C)=O)C31OCCO1. The summed E-state index contributed by atoms with van der Waals surface area (Å²) in [5, 5.41) is 8.44. The molecule has 2 fully saturated rings. The van der Waals surface area contributed by atoms with Crippen LogP contribution >= 0.6 is 0 Å². The zero-order chi connectivity index (χ0) is 45.0. The predicted molar refractivity (Wildman–Crippen MR) is 216 cm³/mol. The lowest BCUT2D eigenvalue weighted by Crippen LogP contribution is -2.74. The summed E-state index contributed by atoms with van der Waals surface area (Å²) in [5.74, 6) is -11.2. The van der Waals surface area contributed by atoms with E-state index >= 15 is 0 Å². The number of benzene rings is 1. The van der Waals surface area contributed by atoms with Gasteiger partial charge < -0.3 is 53.4 Å². The second-order valence-electron chi connectivity index (χ2n) is 17.2. The third kappa shape index (κ3) is 7.80. The highest BCUT2D eigenvalue weighted by Gasteiger charge is 2.78. The van der Waals surface area contributed by atoms with E-state index in [1.807, 2.05) is 45.8 Å². The molecule has 0 unspecified atom stereocenters. The van der Waals surface area contributed by atoms with E-state index in [1.54, 1.807) is 19.0 Å². The Morgan fingerprint density at radius 1 is 0.869 bits per heavy atom. The topological polar surface area (TPSA) is 219 Å². The quantitative estimate of drug-likeness (QED) is 0.226. The zero-order valence-corrected chi connectivity index (χ0v) is 36.9. The van der Waals surface area contributed by atoms with Crippen molar-refractivity contribution in [2.75, 3.05) is 78.5 Å². The van der Waals surface area contributed by atoms with Crippen LogP contribution in [-0.2, 0) is 74.1 Å². The fourth-order valence-electron chi connectivity index (χ4n) is 9.56. The summed E-state index contributed by atoms with van der Waals surface area (Å²) in [6.07, 6.45) is 0.316. The average molecular weight is 856 g/mol. The number of likely N-dealkylation sites (N-methyl/N-ethyl adjacent to an activating group) is 1. The van der Waals surface area contributed by atoms with Gasteiger partial charge in [0.2, 0.25) is 23.2 Å². The first-order valence-electron chi connectivity index (χ1n) is 20.1. The normalized spacial score (nSPS) is 24.8. The third-order valence-corrected chi connectivity index (χ3v) is 11.3. The molecule has 4 atom stereocenters. The Morgan fingerprint density at radius 3 is 1.98 bits per heavy atom. The Morgan fingerprint density at radius 2 is 1.48 bits per heavy atom. The van der Waals surface area contributed by atoms with Crippen molar-refractivity contribution in [1.82, 2.24) is 15.5 Å². The lowest BCUT2D eigenvalue weighted by atomic mass is 9.55. The van der Waals surface area contributed by atoms with Gasteiger partial charge in [-0.15, -0.1) is 0 Å². The van der Waals surface area contributed by atoms with Crippen LogP contribution in [0, 0.1) is 11.8 Å². The Bertz CT molecular complexity index is 2070. The molecule has 5 aliphatic rings. The number of carbonyl (C=O) groups is 6. The zero-order valence-electron chi connectivity index (χ0n) is 36.9. The van der Waals surface area contributed by atoms with Gasteiger partial charge in [-0.3, -0.25) is 39.0 Å². The maximum Gasteiger partial charge on any atom is 0.307 e. The van der Waals surface area contributed by atoms with Gasteiger partial charge in [0.15, 0.2) is 11.5 Å². The van der Waals surface area contributed by atoms with E-state index < -0.39 is 70.3 Å². The molecule has 0 saturated carbocycles. The number of carbonyl (C=O) groups excluding carboxylic acids is 6. The number of nitrogens with one attached hydrogen (secondary N) is 3. The lowest BCUT2D eigenvalue weighted by molar-refractivity contribution is -0.289. The average Bonchev–Trinajstić information content (AvgIpc) is 3.82. The van der Waals surface area contributed by atoms with Gasteiger partial charge in [-0.1, -0.05) is 0 Å². The molecule has 3 amide bonds. The number of nitrogens with zero attached hydrogens (tertiary/aromatic N) is 2. The molecule has 2 spiro atoms. The standard InChI is InChI=1S/C42H57N5O14/c1-21(48)44-38(53)33-36(59-22(2)49)34(47(10)11)27-18-25-17-26-29(46(8)9)19-28(45-30(52)20-43-39(5,6)7)35(54-12)32(26)41(55-13-14-56-41)31(25)37(60-23(3)50)40(27,61-24(4)51)42(33)57-15-16-58-42/h19,25,27,34,43H,13-18,20H2,1-12H3,(H,45,52)(H,44,48,53)/t25-,27-,34-,40-/m0/s1. The number of methoxy groups -OCH3 is 1. The number of hydrogen-bond donors (Lipinski definition) is 3. The van der Waals surface area contributed by atoms with E-state index in [0.29, 0.717) is 16.9 Å². The van der Waals surface area contributed by atoms with Crippen LogP contribution in [0.15, 0.2) is 28.7 Å². The van der Waals surface area contributed by atoms with Crippen molar-refractivity contribution in [3.05, 3.63) is 39.9 Å². The second-order valence-corrected chi connectivity index (χ2v) is 17.2. The third-order valence-electron chi connectivity index (χ3n) is 11.3. The molecule has 61 heavy (non-hydrogen) atoms. The monoisotopic (exact) mass is 855 g/mol. The van der Waals surface area contributed by atoms with Crippen molar-refractivity contribution >= 4 is 47.0 Å². The maximum atomic E-state index is 14.5. The molecular formula is C42H57N5O14. The molecule has 0 bridgehead atoms. The van der Waals surface area contributed by atoms with Gasteiger partial charge in [-0.2, -0.15) is 0 Å². The van der Waals surface area contributed by atoms with Crippen molar-refractivity contribution in [2.24, 2.45) is 11.8 Å². The van der Waals surface area contributed by atoms with Gasteiger partial charge in [0.25, 0.3) is 11.7 Å². The van der Waals surface area contributed by atoms with Crippen molar-refractivity contribution in [3.63, 3.8) is 0 Å². The number of imide groups is 1. The van der Waals surface area contributed by atoms with Crippen molar-refractivity contribution in [2.45, 2.75) is 90.1 Å². The Balaban J connectivity index is 1.77. The molecule has 1 aromatic carbocycles. The van der Waals surface area contributed by atoms with Gasteiger partial charge in [0, 0.05) is 64.5 Å². The number of ether oxygens (including phenoxy) is 8. The minimum atomic E-state index is -2.50. The first-order chi connectivity index (χ1) is 28.5. The number of esters is 3. The van der Waals surface area contributed by atoms with Crippen LogP contribution in [0.25, 0.3) is 0 Å². The van der Waals surface area contributed by atoms with Crippen molar-refractivity contribution in [1.29, 1.82) is 0 Å². The van der Waals surface area contributed by atoms with E-state index in [1.165, 1.54) is 7.11 Å². The number of amides is 3. The molecule has 1 aromatic rings. The highest BCUT2D eigenvalue weighted by Crippen LogP contribution is 2.66. The summed E-state index contributed by atoms with van der Waals surface area (Å²) in [6, 6.07) is 0.717. The van der Waals surface area contributed by atoms with Gasteiger partial charge in [-0.05, 0) is 65.3 Å². The highest BCUT2D eigenvalue weighted by molar-refractivity contribution is 6.06. The number of anilines is 2. The van der Waals surface area contributed by atoms with Crippen LogP contribution in [0.2, 0.25) is 0 Å². The second kappa shape index (κ2) is 16.7. The van der Waals surface area contributed by atoms with Crippen LogP contribution in [0.3, 0.4) is 0 Å².